The van der Waals surface area contributed by atoms with Crippen LogP contribution >= 0.6 is 23.2 Å². The topological polar surface area (TPSA) is 44.4 Å². The van der Waals surface area contributed by atoms with E-state index in [0.29, 0.717) is 34.6 Å². The molecule has 2 aromatic carbocycles. The Labute approximate surface area is 161 Å². The highest BCUT2D eigenvalue weighted by atomic mass is 35.5. The summed E-state index contributed by atoms with van der Waals surface area (Å²) in [4.78, 5) is 14.6. The van der Waals surface area contributed by atoms with Crippen LogP contribution in [0.25, 0.3) is 0 Å². The van der Waals surface area contributed by atoms with E-state index in [0.717, 1.165) is 12.0 Å². The Bertz CT molecular complexity index is 830. The van der Waals surface area contributed by atoms with Crippen LogP contribution in [-0.2, 0) is 0 Å². The molecule has 3 atom stereocenters. The number of hydrogen-bond donors (Lipinski definition) is 2. The third-order valence-corrected chi connectivity index (χ3v) is 6.04. The molecule has 2 aliphatic heterocycles. The van der Waals surface area contributed by atoms with Gasteiger partial charge >= 0.3 is 0 Å². The van der Waals surface area contributed by atoms with Crippen molar-refractivity contribution in [3.8, 4) is 0 Å². The number of halogens is 3. The molecule has 0 aliphatic carbocycles. The smallest absolute Gasteiger partial charge is 0.255 e. The van der Waals surface area contributed by atoms with Gasteiger partial charge in [0, 0.05) is 19.1 Å². The highest BCUT2D eigenvalue weighted by Crippen LogP contribution is 2.35. The van der Waals surface area contributed by atoms with Gasteiger partial charge in [-0.15, -0.1) is 0 Å². The number of nitrogens with one attached hydrogen (secondary N) is 2. The number of piperidine rings is 1. The molecule has 26 heavy (non-hydrogen) atoms. The molecule has 0 spiro atoms. The van der Waals surface area contributed by atoms with Gasteiger partial charge in [-0.25, -0.2) is 9.82 Å². The zero-order chi connectivity index (χ0) is 18.3. The fourth-order valence-corrected chi connectivity index (χ4v) is 4.23. The number of carbonyl (C=O) groups is 1. The summed E-state index contributed by atoms with van der Waals surface area (Å²) in [6.07, 6.45) is 0.844. The molecule has 1 amide bonds. The normalized spacial score (nSPS) is 25.2. The third-order valence-electron chi connectivity index (χ3n) is 5.22. The molecule has 0 radical (unpaired) electrons. The lowest BCUT2D eigenvalue weighted by Gasteiger charge is -2.36. The van der Waals surface area contributed by atoms with Crippen LogP contribution in [-0.4, -0.2) is 29.9 Å². The van der Waals surface area contributed by atoms with Crippen LogP contribution in [0.2, 0.25) is 10.0 Å². The fraction of sp³-hybridized carbons (Fsp3) is 0.316. The summed E-state index contributed by atoms with van der Waals surface area (Å²) in [5.74, 6) is -0.0163. The molecule has 0 aromatic heterocycles. The summed E-state index contributed by atoms with van der Waals surface area (Å²) < 4.78 is 13.2. The molecule has 7 heteroatoms. The van der Waals surface area contributed by atoms with Crippen LogP contribution in [0, 0.1) is 11.7 Å². The summed E-state index contributed by atoms with van der Waals surface area (Å²) in [7, 11) is 0. The number of rotatable bonds is 2. The Hall–Kier alpha value is -1.66. The summed E-state index contributed by atoms with van der Waals surface area (Å²) >= 11 is 12.2. The van der Waals surface area contributed by atoms with E-state index in [1.807, 2.05) is 0 Å². The van der Waals surface area contributed by atoms with Gasteiger partial charge in [0.2, 0.25) is 0 Å². The lowest BCUT2D eigenvalue weighted by Crippen LogP contribution is -2.49. The first-order chi connectivity index (χ1) is 12.5. The SMILES string of the molecule is O=C(c1cccc(Cl)c1Cl)N1CCC2C(C1)NNC2c1ccc(F)cc1. The molecule has 136 valence electrons. The lowest BCUT2D eigenvalue weighted by atomic mass is 9.84. The predicted molar refractivity (Wildman–Crippen MR) is 99.7 cm³/mol. The summed E-state index contributed by atoms with van der Waals surface area (Å²) in [5, 5.41) is 0.674. The summed E-state index contributed by atoms with van der Waals surface area (Å²) in [5.41, 5.74) is 8.06. The van der Waals surface area contributed by atoms with Crippen LogP contribution in [0.1, 0.15) is 28.4 Å². The Morgan fingerprint density at radius 1 is 1.12 bits per heavy atom. The van der Waals surface area contributed by atoms with Crippen molar-refractivity contribution in [1.82, 2.24) is 15.8 Å². The average Bonchev–Trinajstić information content (AvgIpc) is 3.07. The van der Waals surface area contributed by atoms with E-state index in [2.05, 4.69) is 10.9 Å². The monoisotopic (exact) mass is 393 g/mol. The molecule has 4 rings (SSSR count). The third kappa shape index (κ3) is 3.21. The van der Waals surface area contributed by atoms with Crippen LogP contribution in [0.15, 0.2) is 42.5 Å². The summed E-state index contributed by atoms with van der Waals surface area (Å²) in [6.45, 7) is 1.22. The first kappa shape index (κ1) is 17.7. The van der Waals surface area contributed by atoms with Gasteiger partial charge in [-0.2, -0.15) is 0 Å². The van der Waals surface area contributed by atoms with E-state index in [9.17, 15) is 9.18 Å². The van der Waals surface area contributed by atoms with Crippen LogP contribution in [0.3, 0.4) is 0 Å². The molecule has 4 nitrogen and oxygen atoms in total. The van der Waals surface area contributed by atoms with Crippen molar-refractivity contribution in [1.29, 1.82) is 0 Å². The van der Waals surface area contributed by atoms with Crippen molar-refractivity contribution in [3.63, 3.8) is 0 Å². The molecule has 2 N–H and O–H groups in total. The number of carbonyl (C=O) groups excluding carboxylic acids is 1. The van der Waals surface area contributed by atoms with E-state index in [1.54, 1.807) is 35.2 Å². The minimum absolute atomic E-state index is 0.104. The van der Waals surface area contributed by atoms with E-state index in [-0.39, 0.29) is 23.8 Å². The Balaban J connectivity index is 1.48. The Morgan fingerprint density at radius 2 is 1.88 bits per heavy atom. The first-order valence-corrected chi connectivity index (χ1v) is 9.30. The van der Waals surface area contributed by atoms with Crippen molar-refractivity contribution >= 4 is 29.1 Å². The quantitative estimate of drug-likeness (QED) is 0.814. The second-order valence-corrected chi connectivity index (χ2v) is 7.51. The maximum atomic E-state index is 13.2. The minimum Gasteiger partial charge on any atom is -0.337 e. The molecular weight excluding hydrogens is 376 g/mol. The summed E-state index contributed by atoms with van der Waals surface area (Å²) in [6, 6.07) is 11.9. The van der Waals surface area contributed by atoms with Gasteiger partial charge in [0.1, 0.15) is 5.82 Å². The van der Waals surface area contributed by atoms with Crippen molar-refractivity contribution < 1.29 is 9.18 Å². The van der Waals surface area contributed by atoms with Gasteiger partial charge in [0.15, 0.2) is 0 Å². The number of fused-ring (bicyclic) bond motifs is 1. The number of nitrogens with zero attached hydrogens (tertiary/aromatic N) is 1. The molecule has 2 saturated heterocycles. The van der Waals surface area contributed by atoms with Crippen LogP contribution in [0.5, 0.6) is 0 Å². The maximum Gasteiger partial charge on any atom is 0.255 e. The van der Waals surface area contributed by atoms with Crippen molar-refractivity contribution in [2.24, 2.45) is 5.92 Å². The van der Waals surface area contributed by atoms with Gasteiger partial charge in [-0.3, -0.25) is 10.2 Å². The van der Waals surface area contributed by atoms with Crippen LogP contribution in [0.4, 0.5) is 4.39 Å². The van der Waals surface area contributed by atoms with Crippen molar-refractivity contribution in [2.45, 2.75) is 18.5 Å². The highest BCUT2D eigenvalue weighted by Gasteiger charge is 2.41. The molecule has 2 fully saturated rings. The molecule has 0 bridgehead atoms. The zero-order valence-electron chi connectivity index (χ0n) is 13.9. The molecule has 2 heterocycles. The van der Waals surface area contributed by atoms with Gasteiger partial charge in [0.05, 0.1) is 21.7 Å². The van der Waals surface area contributed by atoms with E-state index >= 15 is 0 Å². The maximum absolute atomic E-state index is 13.2. The second kappa shape index (κ2) is 7.16. The van der Waals surface area contributed by atoms with Gasteiger partial charge in [0.25, 0.3) is 5.91 Å². The largest absolute Gasteiger partial charge is 0.337 e. The number of amides is 1. The molecule has 0 saturated carbocycles. The molecule has 3 unspecified atom stereocenters. The van der Waals surface area contributed by atoms with E-state index < -0.39 is 0 Å². The van der Waals surface area contributed by atoms with Crippen molar-refractivity contribution in [2.75, 3.05) is 13.1 Å². The van der Waals surface area contributed by atoms with Crippen molar-refractivity contribution in [3.05, 3.63) is 69.5 Å². The Morgan fingerprint density at radius 3 is 2.65 bits per heavy atom. The second-order valence-electron chi connectivity index (χ2n) is 6.73. The predicted octanol–water partition coefficient (Wildman–Crippen LogP) is 3.81. The van der Waals surface area contributed by atoms with E-state index in [1.165, 1.54) is 12.1 Å². The average molecular weight is 394 g/mol. The fourth-order valence-electron chi connectivity index (χ4n) is 3.85. The Kier molecular flexibility index (Phi) is 4.88. The number of hydrogen-bond acceptors (Lipinski definition) is 3. The number of likely N-dealkylation sites (tertiary alicyclic amines) is 1. The van der Waals surface area contributed by atoms with Crippen LogP contribution < -0.4 is 10.9 Å². The standard InChI is InChI=1S/C19H18Cl2FN3O/c20-15-3-1-2-14(17(15)21)19(26)25-9-8-13-16(10-25)23-24-18(13)11-4-6-12(22)7-5-11/h1-7,13,16,18,23-24H,8-10H2. The molecule has 2 aliphatic rings. The van der Waals surface area contributed by atoms with Gasteiger partial charge in [-0.1, -0.05) is 41.4 Å². The zero-order valence-corrected chi connectivity index (χ0v) is 15.4. The minimum atomic E-state index is -0.241. The molecular formula is C19H18Cl2FN3O. The lowest BCUT2D eigenvalue weighted by molar-refractivity contribution is 0.0663. The van der Waals surface area contributed by atoms with Gasteiger partial charge < -0.3 is 4.90 Å². The number of benzene rings is 2. The number of hydrazine groups is 1. The van der Waals surface area contributed by atoms with Gasteiger partial charge in [-0.05, 0) is 42.2 Å². The van der Waals surface area contributed by atoms with E-state index in [4.69, 9.17) is 23.2 Å². The molecule has 2 aromatic rings. The first-order valence-electron chi connectivity index (χ1n) is 8.54. The highest BCUT2D eigenvalue weighted by molar-refractivity contribution is 6.43.